The molecule has 7 nitrogen and oxygen atoms in total. The molecule has 0 amide bonds. The quantitative estimate of drug-likeness (QED) is 0.617. The van der Waals surface area contributed by atoms with Crippen LogP contribution >= 0.6 is 0 Å². The first-order chi connectivity index (χ1) is 10.9. The van der Waals surface area contributed by atoms with E-state index in [-0.39, 0.29) is 18.0 Å². The van der Waals surface area contributed by atoms with E-state index >= 15 is 0 Å². The van der Waals surface area contributed by atoms with Gasteiger partial charge < -0.3 is 4.74 Å². The first-order valence-corrected chi connectivity index (χ1v) is 8.38. The van der Waals surface area contributed by atoms with E-state index in [1.165, 1.54) is 18.2 Å². The number of rotatable bonds is 7. The Labute approximate surface area is 134 Å². The number of sulfonamides is 1. The molecule has 8 heteroatoms. The third-order valence-electron chi connectivity index (χ3n) is 3.13. The van der Waals surface area contributed by atoms with E-state index in [0.29, 0.717) is 11.3 Å². The average Bonchev–Trinajstić information content (AvgIpc) is 2.53. The largest absolute Gasteiger partial charge is 0.497 e. The zero-order chi connectivity index (χ0) is 16.9. The van der Waals surface area contributed by atoms with Crippen LogP contribution in [0.2, 0.25) is 0 Å². The Kier molecular flexibility index (Phi) is 5.30. The van der Waals surface area contributed by atoms with Gasteiger partial charge >= 0.3 is 0 Å². The zero-order valence-electron chi connectivity index (χ0n) is 12.4. The molecule has 23 heavy (non-hydrogen) atoms. The zero-order valence-corrected chi connectivity index (χ0v) is 13.2. The molecule has 0 unspecified atom stereocenters. The molecular formula is C15H16N2O5S. The van der Waals surface area contributed by atoms with Crippen LogP contribution in [0.3, 0.4) is 0 Å². The van der Waals surface area contributed by atoms with Gasteiger partial charge in [0.1, 0.15) is 5.75 Å². The van der Waals surface area contributed by atoms with Crippen molar-refractivity contribution in [2.24, 2.45) is 0 Å². The molecule has 0 aliphatic carbocycles. The van der Waals surface area contributed by atoms with E-state index in [9.17, 15) is 18.5 Å². The fraction of sp³-hybridized carbons (Fsp3) is 0.200. The van der Waals surface area contributed by atoms with E-state index in [1.54, 1.807) is 37.4 Å². The van der Waals surface area contributed by atoms with Crippen LogP contribution in [0.4, 0.5) is 5.69 Å². The highest BCUT2D eigenvalue weighted by Gasteiger charge is 2.14. The molecule has 0 fully saturated rings. The Hall–Kier alpha value is -2.45. The highest BCUT2D eigenvalue weighted by atomic mass is 32.2. The van der Waals surface area contributed by atoms with Crippen molar-refractivity contribution >= 4 is 15.7 Å². The second-order valence-electron chi connectivity index (χ2n) is 4.86. The summed E-state index contributed by atoms with van der Waals surface area (Å²) in [7, 11) is -2.04. The molecule has 0 radical (unpaired) electrons. The first kappa shape index (κ1) is 16.9. The van der Waals surface area contributed by atoms with Crippen molar-refractivity contribution < 1.29 is 18.1 Å². The first-order valence-electron chi connectivity index (χ1n) is 6.73. The number of ether oxygens (including phenoxy) is 1. The summed E-state index contributed by atoms with van der Waals surface area (Å²) >= 11 is 0. The van der Waals surface area contributed by atoms with Gasteiger partial charge in [-0.1, -0.05) is 24.3 Å². The van der Waals surface area contributed by atoms with Crippen molar-refractivity contribution in [3.8, 4) is 5.75 Å². The van der Waals surface area contributed by atoms with Crippen molar-refractivity contribution in [3.63, 3.8) is 0 Å². The molecule has 2 rings (SSSR count). The van der Waals surface area contributed by atoms with Crippen molar-refractivity contribution in [2.45, 2.75) is 12.3 Å². The van der Waals surface area contributed by atoms with Gasteiger partial charge in [-0.25, -0.2) is 13.1 Å². The molecule has 0 aliphatic heterocycles. The molecule has 0 spiro atoms. The lowest BCUT2D eigenvalue weighted by Gasteiger charge is -2.07. The van der Waals surface area contributed by atoms with Gasteiger partial charge in [0.2, 0.25) is 10.0 Å². The minimum Gasteiger partial charge on any atom is -0.497 e. The maximum absolute atomic E-state index is 12.1. The van der Waals surface area contributed by atoms with Gasteiger partial charge in [0.05, 0.1) is 17.8 Å². The smallest absolute Gasteiger partial charge is 0.269 e. The van der Waals surface area contributed by atoms with Crippen LogP contribution in [-0.4, -0.2) is 20.5 Å². The number of methoxy groups -OCH3 is 1. The molecular weight excluding hydrogens is 320 g/mol. The Balaban J connectivity index is 2.01. The van der Waals surface area contributed by atoms with E-state index in [0.717, 1.165) is 5.56 Å². The SMILES string of the molecule is COc1ccc(CNS(=O)(=O)Cc2cccc([N+](=O)[O-])c2)cc1. The van der Waals surface area contributed by atoms with Crippen molar-refractivity contribution in [1.29, 1.82) is 0 Å². The highest BCUT2D eigenvalue weighted by Crippen LogP contribution is 2.15. The number of hydrogen-bond donors (Lipinski definition) is 1. The van der Waals surface area contributed by atoms with E-state index < -0.39 is 14.9 Å². The summed E-state index contributed by atoms with van der Waals surface area (Å²) in [4.78, 5) is 10.2. The molecule has 0 atom stereocenters. The third-order valence-corrected chi connectivity index (χ3v) is 4.43. The van der Waals surface area contributed by atoms with Crippen molar-refractivity contribution in [3.05, 3.63) is 69.8 Å². The number of nitro benzene ring substituents is 1. The Morgan fingerprint density at radius 1 is 1.13 bits per heavy atom. The molecule has 0 aromatic heterocycles. The van der Waals surface area contributed by atoms with E-state index in [2.05, 4.69) is 4.72 Å². The summed E-state index contributed by atoms with van der Waals surface area (Å²) in [5.41, 5.74) is 1.02. The number of non-ortho nitro benzene ring substituents is 1. The number of nitrogens with zero attached hydrogens (tertiary/aromatic N) is 1. The van der Waals surface area contributed by atoms with Gasteiger partial charge in [0.15, 0.2) is 0 Å². The van der Waals surface area contributed by atoms with Crippen LogP contribution in [-0.2, 0) is 22.3 Å². The van der Waals surface area contributed by atoms with Gasteiger partial charge in [0.25, 0.3) is 5.69 Å². The lowest BCUT2D eigenvalue weighted by Crippen LogP contribution is -2.24. The van der Waals surface area contributed by atoms with Crippen molar-refractivity contribution in [1.82, 2.24) is 4.72 Å². The van der Waals surface area contributed by atoms with Gasteiger partial charge in [-0.15, -0.1) is 0 Å². The summed E-state index contributed by atoms with van der Waals surface area (Å²) in [6, 6.07) is 12.6. The summed E-state index contributed by atoms with van der Waals surface area (Å²) in [5.74, 6) is 0.374. The van der Waals surface area contributed by atoms with Crippen LogP contribution in [0.5, 0.6) is 5.75 Å². The second kappa shape index (κ2) is 7.21. The summed E-state index contributed by atoms with van der Waals surface area (Å²) in [5, 5.41) is 10.7. The summed E-state index contributed by atoms with van der Waals surface area (Å²) in [6.45, 7) is 0.140. The predicted octanol–water partition coefficient (Wildman–Crippen LogP) is 2.22. The van der Waals surface area contributed by atoms with E-state index in [4.69, 9.17) is 4.74 Å². The van der Waals surface area contributed by atoms with Crippen LogP contribution in [0.25, 0.3) is 0 Å². The maximum atomic E-state index is 12.1. The van der Waals surface area contributed by atoms with E-state index in [1.807, 2.05) is 0 Å². The molecule has 2 aromatic rings. The molecule has 122 valence electrons. The molecule has 2 aromatic carbocycles. The minimum atomic E-state index is -3.59. The fourth-order valence-corrected chi connectivity index (χ4v) is 3.07. The van der Waals surface area contributed by atoms with Gasteiger partial charge in [-0.05, 0) is 23.3 Å². The van der Waals surface area contributed by atoms with Gasteiger partial charge in [-0.2, -0.15) is 0 Å². The average molecular weight is 336 g/mol. The number of nitro groups is 1. The second-order valence-corrected chi connectivity index (χ2v) is 6.66. The topological polar surface area (TPSA) is 98.5 Å². The monoisotopic (exact) mass is 336 g/mol. The van der Waals surface area contributed by atoms with Gasteiger partial charge in [0, 0.05) is 18.7 Å². The molecule has 1 N–H and O–H groups in total. The lowest BCUT2D eigenvalue weighted by atomic mass is 10.2. The van der Waals surface area contributed by atoms with Crippen LogP contribution in [0.1, 0.15) is 11.1 Å². The Bertz CT molecular complexity index is 788. The molecule has 0 saturated carbocycles. The molecule has 0 aliphatic rings. The number of benzene rings is 2. The van der Waals surface area contributed by atoms with Crippen LogP contribution in [0.15, 0.2) is 48.5 Å². The Morgan fingerprint density at radius 3 is 2.43 bits per heavy atom. The Morgan fingerprint density at radius 2 is 1.83 bits per heavy atom. The maximum Gasteiger partial charge on any atom is 0.269 e. The highest BCUT2D eigenvalue weighted by molar-refractivity contribution is 7.88. The fourth-order valence-electron chi connectivity index (χ4n) is 1.97. The minimum absolute atomic E-state index is 0.132. The van der Waals surface area contributed by atoms with Gasteiger partial charge in [-0.3, -0.25) is 10.1 Å². The van der Waals surface area contributed by atoms with Crippen LogP contribution in [0, 0.1) is 10.1 Å². The normalized spacial score (nSPS) is 11.2. The predicted molar refractivity (Wildman–Crippen MR) is 85.6 cm³/mol. The third kappa shape index (κ3) is 5.04. The van der Waals surface area contributed by atoms with Crippen molar-refractivity contribution in [2.75, 3.05) is 7.11 Å². The summed E-state index contributed by atoms with van der Waals surface area (Å²) < 4.78 is 31.6. The molecule has 0 bridgehead atoms. The lowest BCUT2D eigenvalue weighted by molar-refractivity contribution is -0.384. The summed E-state index contributed by atoms with van der Waals surface area (Å²) in [6.07, 6.45) is 0. The van der Waals surface area contributed by atoms with Crippen LogP contribution < -0.4 is 9.46 Å². The molecule has 0 heterocycles. The standard InChI is InChI=1S/C15H16N2O5S/c1-22-15-7-5-12(6-8-15)10-16-23(20,21)11-13-3-2-4-14(9-13)17(18)19/h2-9,16H,10-11H2,1H3. The number of hydrogen-bond acceptors (Lipinski definition) is 5. The number of nitrogens with one attached hydrogen (secondary N) is 1. The molecule has 0 saturated heterocycles.